The molecule has 0 unspecified atom stereocenters. The molecule has 0 aliphatic carbocycles. The molecule has 1 fully saturated rings. The fourth-order valence-corrected chi connectivity index (χ4v) is 2.82. The topological polar surface area (TPSA) is 52.6 Å². The molecule has 1 aromatic heterocycles. The van der Waals surface area contributed by atoms with Gasteiger partial charge in [0.1, 0.15) is 11.6 Å². The molecule has 2 aromatic rings. The third-order valence-electron chi connectivity index (χ3n) is 4.39. The van der Waals surface area contributed by atoms with Crippen molar-refractivity contribution in [3.8, 4) is 0 Å². The van der Waals surface area contributed by atoms with Gasteiger partial charge in [0.25, 0.3) is 5.91 Å². The van der Waals surface area contributed by atoms with E-state index in [0.717, 1.165) is 6.07 Å². The van der Waals surface area contributed by atoms with Gasteiger partial charge in [-0.25, -0.2) is 9.37 Å². The third kappa shape index (κ3) is 4.32. The summed E-state index contributed by atoms with van der Waals surface area (Å²) in [4.78, 5) is 25.0. The minimum absolute atomic E-state index is 0.0209. The molecule has 1 aromatic carbocycles. The van der Waals surface area contributed by atoms with Crippen LogP contribution in [0.5, 0.6) is 0 Å². The van der Waals surface area contributed by atoms with Crippen LogP contribution < -0.4 is 9.80 Å². The van der Waals surface area contributed by atoms with Gasteiger partial charge >= 0.3 is 6.18 Å². The summed E-state index contributed by atoms with van der Waals surface area (Å²) < 4.78 is 52.5. The van der Waals surface area contributed by atoms with Crippen molar-refractivity contribution in [1.29, 1.82) is 0 Å². The number of hydrogen-bond donors (Lipinski definition) is 0. The summed E-state index contributed by atoms with van der Waals surface area (Å²) in [5, 5.41) is 0. The number of aromatic nitrogens is 2. The number of piperazine rings is 1. The molecule has 1 saturated heterocycles. The predicted octanol–water partition coefficient (Wildman–Crippen LogP) is 2.66. The van der Waals surface area contributed by atoms with Crippen molar-refractivity contribution in [2.45, 2.75) is 6.18 Å². The van der Waals surface area contributed by atoms with Gasteiger partial charge in [-0.3, -0.25) is 4.79 Å². The summed E-state index contributed by atoms with van der Waals surface area (Å²) in [6, 6.07) is 6.13. The van der Waals surface area contributed by atoms with Gasteiger partial charge in [0.2, 0.25) is 5.95 Å². The van der Waals surface area contributed by atoms with Gasteiger partial charge < -0.3 is 14.7 Å². The van der Waals surface area contributed by atoms with Crippen LogP contribution in [0.4, 0.5) is 29.3 Å². The number of anilines is 2. The molecule has 1 aliphatic heterocycles. The lowest BCUT2D eigenvalue weighted by atomic mass is 10.2. The molecular formula is C18H19F4N5O. The lowest BCUT2D eigenvalue weighted by Gasteiger charge is -2.35. The first-order valence-electron chi connectivity index (χ1n) is 8.58. The highest BCUT2D eigenvalue weighted by atomic mass is 19.4. The fourth-order valence-electron chi connectivity index (χ4n) is 2.82. The highest BCUT2D eigenvalue weighted by molar-refractivity contribution is 5.94. The summed E-state index contributed by atoms with van der Waals surface area (Å²) >= 11 is 0. The molecule has 2 heterocycles. The van der Waals surface area contributed by atoms with E-state index in [0.29, 0.717) is 31.7 Å². The second-order valence-electron chi connectivity index (χ2n) is 6.59. The van der Waals surface area contributed by atoms with Gasteiger partial charge in [-0.1, -0.05) is 0 Å². The number of nitrogens with zero attached hydrogens (tertiary/aromatic N) is 5. The number of carbonyl (C=O) groups excluding carboxylic acids is 1. The second-order valence-corrected chi connectivity index (χ2v) is 6.59. The molecule has 6 nitrogen and oxygen atoms in total. The lowest BCUT2D eigenvalue weighted by Crippen LogP contribution is -2.49. The number of benzene rings is 1. The zero-order valence-corrected chi connectivity index (χ0v) is 15.4. The number of rotatable bonds is 3. The molecule has 0 radical (unpaired) electrons. The number of carbonyl (C=O) groups is 1. The van der Waals surface area contributed by atoms with Crippen LogP contribution in [0.3, 0.4) is 0 Å². The summed E-state index contributed by atoms with van der Waals surface area (Å²) in [5.74, 6) is -0.548. The monoisotopic (exact) mass is 397 g/mol. The zero-order chi connectivity index (χ0) is 20.5. The molecule has 28 heavy (non-hydrogen) atoms. The standard InChI is InChI=1S/C18H19F4N5O/c1-25(2)15-11-14(18(20,21)22)23-17(24-15)27-9-7-26(8-10-27)16(28)12-3-5-13(19)6-4-12/h3-6,11H,7-10H2,1-2H3. The molecule has 0 bridgehead atoms. The Balaban J connectivity index is 1.75. The Morgan fingerprint density at radius 1 is 1.04 bits per heavy atom. The Morgan fingerprint density at radius 2 is 1.64 bits per heavy atom. The second kappa shape index (κ2) is 7.61. The van der Waals surface area contributed by atoms with E-state index < -0.39 is 17.7 Å². The summed E-state index contributed by atoms with van der Waals surface area (Å²) in [7, 11) is 3.21. The molecule has 150 valence electrons. The lowest BCUT2D eigenvalue weighted by molar-refractivity contribution is -0.141. The Kier molecular flexibility index (Phi) is 5.39. The van der Waals surface area contributed by atoms with E-state index in [1.807, 2.05) is 0 Å². The van der Waals surface area contributed by atoms with Crippen molar-refractivity contribution in [1.82, 2.24) is 14.9 Å². The van der Waals surface area contributed by atoms with Crippen molar-refractivity contribution >= 4 is 17.7 Å². The average Bonchev–Trinajstić information content (AvgIpc) is 2.67. The van der Waals surface area contributed by atoms with E-state index in [1.54, 1.807) is 23.9 Å². The Labute approximate surface area is 159 Å². The maximum Gasteiger partial charge on any atom is 0.433 e. The molecule has 1 amide bonds. The minimum atomic E-state index is -4.58. The largest absolute Gasteiger partial charge is 0.433 e. The maximum atomic E-state index is 13.2. The highest BCUT2D eigenvalue weighted by Crippen LogP contribution is 2.31. The number of amides is 1. The normalized spacial score (nSPS) is 14.9. The van der Waals surface area contributed by atoms with Crippen LogP contribution >= 0.6 is 0 Å². The Bertz CT molecular complexity index is 846. The molecule has 0 spiro atoms. The van der Waals surface area contributed by atoms with Gasteiger partial charge in [-0.05, 0) is 24.3 Å². The van der Waals surface area contributed by atoms with Gasteiger partial charge in [0.15, 0.2) is 5.69 Å². The molecule has 0 saturated carbocycles. The minimum Gasteiger partial charge on any atom is -0.363 e. The first kappa shape index (κ1) is 19.8. The van der Waals surface area contributed by atoms with Gasteiger partial charge in [0.05, 0.1) is 0 Å². The van der Waals surface area contributed by atoms with Crippen LogP contribution in [0.2, 0.25) is 0 Å². The van der Waals surface area contributed by atoms with Gasteiger partial charge in [-0.2, -0.15) is 18.2 Å². The molecule has 1 aliphatic rings. The Morgan fingerprint density at radius 3 is 2.18 bits per heavy atom. The van der Waals surface area contributed by atoms with E-state index >= 15 is 0 Å². The number of halogens is 4. The highest BCUT2D eigenvalue weighted by Gasteiger charge is 2.35. The maximum absolute atomic E-state index is 13.2. The van der Waals surface area contributed by atoms with Gasteiger partial charge in [0, 0.05) is 51.9 Å². The first-order chi connectivity index (χ1) is 13.1. The SMILES string of the molecule is CN(C)c1cc(C(F)(F)F)nc(N2CCN(C(=O)c3ccc(F)cc3)CC2)n1. The summed E-state index contributed by atoms with van der Waals surface area (Å²) in [6.45, 7) is 1.18. The van der Waals surface area contributed by atoms with Crippen LogP contribution in [-0.4, -0.2) is 61.0 Å². The van der Waals surface area contributed by atoms with Crippen LogP contribution in [0, 0.1) is 5.82 Å². The fraction of sp³-hybridized carbons (Fsp3) is 0.389. The quantitative estimate of drug-likeness (QED) is 0.746. The van der Waals surface area contributed by atoms with Crippen molar-refractivity contribution in [2.75, 3.05) is 50.1 Å². The van der Waals surface area contributed by atoms with Crippen molar-refractivity contribution in [3.63, 3.8) is 0 Å². The van der Waals surface area contributed by atoms with Gasteiger partial charge in [-0.15, -0.1) is 0 Å². The number of alkyl halides is 3. The van der Waals surface area contributed by atoms with E-state index in [1.165, 1.54) is 29.2 Å². The zero-order valence-electron chi connectivity index (χ0n) is 15.4. The summed E-state index contributed by atoms with van der Waals surface area (Å²) in [6.07, 6.45) is -4.58. The van der Waals surface area contributed by atoms with Crippen LogP contribution in [0.15, 0.2) is 30.3 Å². The van der Waals surface area contributed by atoms with Crippen molar-refractivity contribution in [3.05, 3.63) is 47.4 Å². The van der Waals surface area contributed by atoms with E-state index in [4.69, 9.17) is 0 Å². The average molecular weight is 397 g/mol. The third-order valence-corrected chi connectivity index (χ3v) is 4.39. The molecule has 3 rings (SSSR count). The smallest absolute Gasteiger partial charge is 0.363 e. The van der Waals surface area contributed by atoms with E-state index in [-0.39, 0.29) is 17.7 Å². The Hall–Kier alpha value is -2.91. The first-order valence-corrected chi connectivity index (χ1v) is 8.58. The van der Waals surface area contributed by atoms with Crippen LogP contribution in [0.1, 0.15) is 16.1 Å². The predicted molar refractivity (Wildman–Crippen MR) is 95.9 cm³/mol. The molecule has 10 heteroatoms. The van der Waals surface area contributed by atoms with E-state index in [9.17, 15) is 22.4 Å². The van der Waals surface area contributed by atoms with E-state index in [2.05, 4.69) is 9.97 Å². The van der Waals surface area contributed by atoms with Crippen LogP contribution in [0.25, 0.3) is 0 Å². The van der Waals surface area contributed by atoms with Crippen molar-refractivity contribution in [2.24, 2.45) is 0 Å². The number of hydrogen-bond acceptors (Lipinski definition) is 5. The molecule has 0 N–H and O–H groups in total. The molecule has 0 atom stereocenters. The van der Waals surface area contributed by atoms with Crippen LogP contribution in [-0.2, 0) is 6.18 Å². The van der Waals surface area contributed by atoms with Crippen molar-refractivity contribution < 1.29 is 22.4 Å². The molecular weight excluding hydrogens is 378 g/mol. The summed E-state index contributed by atoms with van der Waals surface area (Å²) in [5.41, 5.74) is -0.647.